The van der Waals surface area contributed by atoms with Crippen molar-refractivity contribution in [3.8, 4) is 0 Å². The molecule has 27 heavy (non-hydrogen) atoms. The van der Waals surface area contributed by atoms with Gasteiger partial charge in [-0.15, -0.1) is 12.4 Å². The van der Waals surface area contributed by atoms with Crippen LogP contribution in [0.5, 0.6) is 0 Å². The molecular weight excluding hydrogens is 386 g/mol. The van der Waals surface area contributed by atoms with Gasteiger partial charge in [0.05, 0.1) is 11.3 Å². The number of nitrogens with two attached hydrogens (primary N) is 1. The van der Waals surface area contributed by atoms with Crippen LogP contribution in [-0.2, 0) is 34.1 Å². The number of sulfonamides is 1. The van der Waals surface area contributed by atoms with Crippen LogP contribution in [0.25, 0.3) is 0 Å². The Kier molecular flexibility index (Phi) is 7.38. The van der Waals surface area contributed by atoms with Gasteiger partial charge in [-0.25, -0.2) is 13.1 Å². The molecule has 0 saturated carbocycles. The van der Waals surface area contributed by atoms with Gasteiger partial charge in [0.15, 0.2) is 0 Å². The lowest BCUT2D eigenvalue weighted by Gasteiger charge is -2.10. The first kappa shape index (κ1) is 21.4. The van der Waals surface area contributed by atoms with Crippen molar-refractivity contribution in [2.24, 2.45) is 5.73 Å². The Morgan fingerprint density at radius 2 is 1.85 bits per heavy atom. The van der Waals surface area contributed by atoms with Gasteiger partial charge in [-0.3, -0.25) is 4.79 Å². The first-order valence-electron chi connectivity index (χ1n) is 8.68. The quantitative estimate of drug-likeness (QED) is 0.651. The highest BCUT2D eigenvalue weighted by Crippen LogP contribution is 2.23. The summed E-state index contributed by atoms with van der Waals surface area (Å²) < 4.78 is 26.7. The van der Waals surface area contributed by atoms with Crippen molar-refractivity contribution in [2.75, 3.05) is 18.4 Å². The number of benzene rings is 2. The van der Waals surface area contributed by atoms with Crippen LogP contribution < -0.4 is 15.8 Å². The molecule has 0 bridgehead atoms. The van der Waals surface area contributed by atoms with E-state index < -0.39 is 10.0 Å². The van der Waals surface area contributed by atoms with Crippen molar-refractivity contribution in [3.63, 3.8) is 0 Å². The van der Waals surface area contributed by atoms with Gasteiger partial charge in [0.25, 0.3) is 0 Å². The molecule has 1 amide bonds. The van der Waals surface area contributed by atoms with E-state index in [9.17, 15) is 13.2 Å². The third-order valence-corrected chi connectivity index (χ3v) is 5.85. The minimum Gasteiger partial charge on any atom is -0.329 e. The second-order valence-electron chi connectivity index (χ2n) is 6.40. The van der Waals surface area contributed by atoms with Gasteiger partial charge in [0.2, 0.25) is 15.9 Å². The van der Waals surface area contributed by atoms with Gasteiger partial charge >= 0.3 is 0 Å². The number of aryl methyl sites for hydroxylation is 2. The molecule has 0 spiro atoms. The molecule has 4 N–H and O–H groups in total. The van der Waals surface area contributed by atoms with Crippen LogP contribution in [-0.4, -0.2) is 27.4 Å². The summed E-state index contributed by atoms with van der Waals surface area (Å²) in [6, 6.07) is 12.4. The molecule has 6 nitrogen and oxygen atoms in total. The molecule has 8 heteroatoms. The fourth-order valence-corrected chi connectivity index (χ4v) is 4.24. The van der Waals surface area contributed by atoms with Gasteiger partial charge in [0, 0.05) is 18.8 Å². The summed E-state index contributed by atoms with van der Waals surface area (Å²) in [4.78, 5) is 12.4. The average molecular weight is 410 g/mol. The lowest BCUT2D eigenvalue weighted by Crippen LogP contribution is -2.29. The minimum absolute atomic E-state index is 0. The third-order valence-electron chi connectivity index (χ3n) is 4.39. The summed E-state index contributed by atoms with van der Waals surface area (Å²) in [7, 11) is -3.63. The van der Waals surface area contributed by atoms with Crippen LogP contribution in [0.1, 0.15) is 23.1 Å². The van der Waals surface area contributed by atoms with Gasteiger partial charge in [-0.05, 0) is 54.2 Å². The fourth-order valence-electron chi connectivity index (χ4n) is 3.14. The van der Waals surface area contributed by atoms with E-state index in [1.54, 1.807) is 12.1 Å². The lowest BCUT2D eigenvalue weighted by atomic mass is 10.0. The molecule has 3 rings (SSSR count). The molecule has 0 fully saturated rings. The number of carbonyl (C=O) groups is 1. The Morgan fingerprint density at radius 1 is 1.07 bits per heavy atom. The molecule has 146 valence electrons. The van der Waals surface area contributed by atoms with Crippen LogP contribution >= 0.6 is 12.4 Å². The second-order valence-corrected chi connectivity index (χ2v) is 8.16. The molecule has 0 heterocycles. The third kappa shape index (κ3) is 5.52. The van der Waals surface area contributed by atoms with E-state index in [1.807, 2.05) is 6.07 Å². The molecule has 0 saturated heterocycles. The van der Waals surface area contributed by atoms with Crippen molar-refractivity contribution < 1.29 is 13.2 Å². The number of carbonyl (C=O) groups excluding carboxylic acids is 1. The van der Waals surface area contributed by atoms with Crippen LogP contribution in [0.4, 0.5) is 5.69 Å². The maximum Gasteiger partial charge on any atom is 0.240 e. The largest absolute Gasteiger partial charge is 0.329 e. The Morgan fingerprint density at radius 3 is 2.63 bits per heavy atom. The Balaban J connectivity index is 0.00000261. The average Bonchev–Trinajstić information content (AvgIpc) is 3.08. The molecule has 0 aliphatic heterocycles. The minimum atomic E-state index is -3.63. The van der Waals surface area contributed by atoms with E-state index in [1.165, 1.54) is 29.7 Å². The topological polar surface area (TPSA) is 101 Å². The zero-order chi connectivity index (χ0) is 18.6. The standard InChI is InChI=1S/C19H23N3O3S.ClH/c20-9-10-21-26(24,25)18-6-2-5-17(13-18)22-19(23)12-14-7-8-15-3-1-4-16(15)11-14;/h2,5-8,11,13,21H,1,3-4,9-10,12,20H2,(H,22,23);1H. The molecule has 2 aromatic carbocycles. The molecule has 0 aromatic heterocycles. The highest BCUT2D eigenvalue weighted by Gasteiger charge is 2.15. The number of anilines is 1. The number of fused-ring (bicyclic) bond motifs is 1. The first-order chi connectivity index (χ1) is 12.5. The highest BCUT2D eigenvalue weighted by molar-refractivity contribution is 7.89. The smallest absolute Gasteiger partial charge is 0.240 e. The fraction of sp³-hybridized carbons (Fsp3) is 0.316. The van der Waals surface area contributed by atoms with Crippen molar-refractivity contribution in [1.82, 2.24) is 4.72 Å². The number of amides is 1. The monoisotopic (exact) mass is 409 g/mol. The van der Waals surface area contributed by atoms with E-state index in [-0.39, 0.29) is 42.7 Å². The van der Waals surface area contributed by atoms with Crippen LogP contribution in [0.2, 0.25) is 0 Å². The first-order valence-corrected chi connectivity index (χ1v) is 10.2. The van der Waals surface area contributed by atoms with Crippen molar-refractivity contribution in [2.45, 2.75) is 30.6 Å². The lowest BCUT2D eigenvalue weighted by molar-refractivity contribution is -0.115. The van der Waals surface area contributed by atoms with Crippen LogP contribution in [0, 0.1) is 0 Å². The SMILES string of the molecule is Cl.NCCNS(=O)(=O)c1cccc(NC(=O)Cc2ccc3c(c2)CCC3)c1. The summed E-state index contributed by atoms with van der Waals surface area (Å²) >= 11 is 0. The van der Waals surface area contributed by atoms with Gasteiger partial charge in [-0.2, -0.15) is 0 Å². The Labute approximate surface area is 166 Å². The molecule has 2 aromatic rings. The van der Waals surface area contributed by atoms with Gasteiger partial charge in [-0.1, -0.05) is 24.3 Å². The zero-order valence-electron chi connectivity index (χ0n) is 14.9. The Bertz CT molecular complexity index is 916. The van der Waals surface area contributed by atoms with Gasteiger partial charge < -0.3 is 11.1 Å². The normalized spacial score (nSPS) is 12.9. The number of halogens is 1. The zero-order valence-corrected chi connectivity index (χ0v) is 16.5. The predicted molar refractivity (Wildman–Crippen MR) is 109 cm³/mol. The number of rotatable bonds is 7. The molecule has 1 aliphatic carbocycles. The maximum absolute atomic E-state index is 12.3. The van der Waals surface area contributed by atoms with E-state index in [2.05, 4.69) is 22.2 Å². The van der Waals surface area contributed by atoms with Crippen molar-refractivity contribution in [3.05, 3.63) is 59.2 Å². The molecule has 0 atom stereocenters. The maximum atomic E-state index is 12.3. The van der Waals surface area contributed by atoms with Crippen molar-refractivity contribution >= 4 is 34.0 Å². The summed E-state index contributed by atoms with van der Waals surface area (Å²) in [5.41, 5.74) is 9.45. The Hall–Kier alpha value is -1.93. The van der Waals surface area contributed by atoms with E-state index >= 15 is 0 Å². The summed E-state index contributed by atoms with van der Waals surface area (Å²) in [5, 5.41) is 2.77. The molecular formula is C19H24ClN3O3S. The summed E-state index contributed by atoms with van der Waals surface area (Å²) in [6.45, 7) is 0.383. The summed E-state index contributed by atoms with van der Waals surface area (Å²) in [5.74, 6) is -0.174. The number of nitrogens with one attached hydrogen (secondary N) is 2. The summed E-state index contributed by atoms with van der Waals surface area (Å²) in [6.07, 6.45) is 3.61. The van der Waals surface area contributed by atoms with E-state index in [0.717, 1.165) is 18.4 Å². The van der Waals surface area contributed by atoms with Crippen molar-refractivity contribution in [1.29, 1.82) is 0 Å². The van der Waals surface area contributed by atoms with Gasteiger partial charge in [0.1, 0.15) is 0 Å². The molecule has 1 aliphatic rings. The molecule has 0 radical (unpaired) electrons. The number of hydrogen-bond donors (Lipinski definition) is 3. The van der Waals surface area contributed by atoms with Crippen LogP contribution in [0.15, 0.2) is 47.4 Å². The van der Waals surface area contributed by atoms with E-state index in [4.69, 9.17) is 5.73 Å². The highest BCUT2D eigenvalue weighted by atomic mass is 35.5. The molecule has 0 unspecified atom stereocenters. The second kappa shape index (κ2) is 9.32. The van der Waals surface area contributed by atoms with E-state index in [0.29, 0.717) is 5.69 Å². The van der Waals surface area contributed by atoms with Crippen LogP contribution in [0.3, 0.4) is 0 Å². The number of hydrogen-bond acceptors (Lipinski definition) is 4. The predicted octanol–water partition coefficient (Wildman–Crippen LogP) is 2.02.